The molecule has 1 aliphatic rings. The molecule has 9 nitrogen and oxygen atoms in total. The van der Waals surface area contributed by atoms with Crippen molar-refractivity contribution in [1.29, 1.82) is 0 Å². The molecular formula is C24H23IN7O2P. The Morgan fingerprint density at radius 1 is 1.11 bits per heavy atom. The van der Waals surface area contributed by atoms with Crippen molar-refractivity contribution >= 4 is 68.4 Å². The van der Waals surface area contributed by atoms with Crippen LogP contribution in [0.5, 0.6) is 0 Å². The number of fused-ring (bicyclic) bond motifs is 1. The first kappa shape index (κ1) is 23.7. The van der Waals surface area contributed by atoms with Crippen LogP contribution in [-0.4, -0.2) is 51.7 Å². The molecule has 4 aromatic rings. The Balaban J connectivity index is 1.52. The standard InChI is InChI=1S/C24H23IN7O2P/c1-2-21(33)27-17-6-3-5-16(13-17)22-20-15-26-32(35-25)23(20)30-24(29-22)28-18-7-4-8-19(14-18)31-9-11-34-12-10-31/h2-8,13-15,35H,1,9-12H2,(H,27,33)(H,28,29,30). The summed E-state index contributed by atoms with van der Waals surface area (Å²) in [5.74, 6) is 0.208. The van der Waals surface area contributed by atoms with E-state index < -0.39 is 0 Å². The molecule has 1 saturated heterocycles. The summed E-state index contributed by atoms with van der Waals surface area (Å²) in [5.41, 5.74) is 5.02. The fourth-order valence-corrected chi connectivity index (χ4v) is 5.33. The lowest BCUT2D eigenvalue weighted by Crippen LogP contribution is -2.36. The number of rotatable bonds is 7. The zero-order valence-electron chi connectivity index (χ0n) is 18.7. The molecule has 0 aliphatic carbocycles. The number of hydrogen-bond donors (Lipinski definition) is 2. The number of aromatic nitrogens is 4. The molecule has 2 aromatic carbocycles. The van der Waals surface area contributed by atoms with E-state index in [1.165, 1.54) is 6.08 Å². The lowest BCUT2D eigenvalue weighted by atomic mass is 10.1. The predicted molar refractivity (Wildman–Crippen MR) is 150 cm³/mol. The van der Waals surface area contributed by atoms with Crippen LogP contribution in [0.2, 0.25) is 0 Å². The van der Waals surface area contributed by atoms with Crippen LogP contribution in [-0.2, 0) is 9.53 Å². The Kier molecular flexibility index (Phi) is 7.21. The number of carbonyl (C=O) groups excluding carboxylic acids is 1. The summed E-state index contributed by atoms with van der Waals surface area (Å²) in [6, 6.07) is 15.8. The average molecular weight is 599 g/mol. The van der Waals surface area contributed by atoms with Crippen molar-refractivity contribution in [3.8, 4) is 11.3 Å². The van der Waals surface area contributed by atoms with Crippen molar-refractivity contribution in [2.75, 3.05) is 41.8 Å². The van der Waals surface area contributed by atoms with Crippen molar-refractivity contribution < 1.29 is 9.53 Å². The maximum Gasteiger partial charge on any atom is 0.247 e. The SMILES string of the molecule is C=CC(=O)Nc1cccc(-c2nc(Nc3cccc(N4CCOCC4)c3)nc3c2cnn3PI)c1. The summed E-state index contributed by atoms with van der Waals surface area (Å²) in [4.78, 5) is 23.7. The van der Waals surface area contributed by atoms with Gasteiger partial charge in [-0.1, -0.05) is 24.8 Å². The number of morpholine rings is 1. The third-order valence-corrected chi connectivity index (χ3v) is 7.43. The first-order valence-electron chi connectivity index (χ1n) is 11.0. The van der Waals surface area contributed by atoms with Gasteiger partial charge in [-0.25, -0.2) is 9.44 Å². The van der Waals surface area contributed by atoms with Gasteiger partial charge in [0.2, 0.25) is 11.9 Å². The van der Waals surface area contributed by atoms with Gasteiger partial charge in [-0.05, 0) is 58.4 Å². The topological polar surface area (TPSA) is 97.2 Å². The van der Waals surface area contributed by atoms with Crippen LogP contribution in [0.4, 0.5) is 23.0 Å². The van der Waals surface area contributed by atoms with E-state index in [4.69, 9.17) is 14.7 Å². The van der Waals surface area contributed by atoms with Crippen molar-refractivity contribution in [3.63, 3.8) is 0 Å². The highest BCUT2D eigenvalue weighted by Gasteiger charge is 2.16. The third-order valence-electron chi connectivity index (χ3n) is 5.58. The van der Waals surface area contributed by atoms with Gasteiger partial charge in [0.25, 0.3) is 0 Å². The zero-order valence-corrected chi connectivity index (χ0v) is 21.9. The lowest BCUT2D eigenvalue weighted by Gasteiger charge is -2.29. The molecule has 35 heavy (non-hydrogen) atoms. The van der Waals surface area contributed by atoms with Gasteiger partial charge >= 0.3 is 0 Å². The molecule has 0 saturated carbocycles. The number of anilines is 4. The fourth-order valence-electron chi connectivity index (χ4n) is 3.91. The van der Waals surface area contributed by atoms with Crippen LogP contribution < -0.4 is 15.5 Å². The number of hydrogen-bond acceptors (Lipinski definition) is 7. The molecule has 1 amide bonds. The highest BCUT2D eigenvalue weighted by Crippen LogP contribution is 2.34. The first-order valence-corrected chi connectivity index (χ1v) is 15.1. The molecule has 5 rings (SSSR count). The van der Waals surface area contributed by atoms with Crippen molar-refractivity contribution in [3.05, 3.63) is 67.4 Å². The van der Waals surface area contributed by atoms with Crippen LogP contribution in [0.3, 0.4) is 0 Å². The maximum absolute atomic E-state index is 11.8. The van der Waals surface area contributed by atoms with Gasteiger partial charge in [0.1, 0.15) is 0 Å². The molecule has 0 bridgehead atoms. The second-order valence-electron chi connectivity index (χ2n) is 7.82. The summed E-state index contributed by atoms with van der Waals surface area (Å²) in [6.45, 7) is 6.71. The van der Waals surface area contributed by atoms with Crippen LogP contribution in [0.15, 0.2) is 67.4 Å². The minimum absolute atomic E-state index is 0.267. The van der Waals surface area contributed by atoms with Gasteiger partial charge in [-0.3, -0.25) is 4.79 Å². The number of benzene rings is 2. The van der Waals surface area contributed by atoms with Gasteiger partial charge in [-0.2, -0.15) is 10.1 Å². The van der Waals surface area contributed by atoms with Gasteiger partial charge in [0, 0.05) is 35.7 Å². The summed E-state index contributed by atoms with van der Waals surface area (Å²) < 4.78 is 7.34. The van der Waals surface area contributed by atoms with Gasteiger partial charge in [0.05, 0.1) is 36.9 Å². The van der Waals surface area contributed by atoms with Crippen LogP contribution in [0.25, 0.3) is 22.3 Å². The second-order valence-corrected chi connectivity index (χ2v) is 9.86. The summed E-state index contributed by atoms with van der Waals surface area (Å²) in [5, 5.41) is 11.5. The number of nitrogens with one attached hydrogen (secondary N) is 2. The molecule has 1 fully saturated rings. The minimum atomic E-state index is -0.267. The zero-order chi connectivity index (χ0) is 24.2. The molecule has 3 heterocycles. The molecule has 178 valence electrons. The van der Waals surface area contributed by atoms with E-state index in [9.17, 15) is 4.79 Å². The third kappa shape index (κ3) is 5.29. The van der Waals surface area contributed by atoms with E-state index in [-0.39, 0.29) is 5.91 Å². The molecule has 0 radical (unpaired) electrons. The Morgan fingerprint density at radius 2 is 1.91 bits per heavy atom. The molecule has 2 aromatic heterocycles. The highest BCUT2D eigenvalue weighted by molar-refractivity contribution is 14.2. The van der Waals surface area contributed by atoms with Crippen LogP contribution in [0.1, 0.15) is 0 Å². The Bertz CT molecular complexity index is 1390. The van der Waals surface area contributed by atoms with Crippen molar-refractivity contribution in [1.82, 2.24) is 19.5 Å². The number of nitrogens with zero attached hydrogens (tertiary/aromatic N) is 5. The quantitative estimate of drug-likeness (QED) is 0.176. The molecule has 2 N–H and O–H groups in total. The minimum Gasteiger partial charge on any atom is -0.378 e. The van der Waals surface area contributed by atoms with E-state index in [0.717, 1.165) is 60.0 Å². The Labute approximate surface area is 217 Å². The fraction of sp³-hybridized carbons (Fsp3) is 0.167. The van der Waals surface area contributed by atoms with E-state index in [2.05, 4.69) is 61.4 Å². The number of carbonyl (C=O) groups is 1. The van der Waals surface area contributed by atoms with E-state index in [1.807, 2.05) is 40.9 Å². The van der Waals surface area contributed by atoms with Crippen LogP contribution in [0, 0.1) is 0 Å². The lowest BCUT2D eigenvalue weighted by molar-refractivity contribution is -0.111. The van der Waals surface area contributed by atoms with E-state index in [1.54, 1.807) is 6.20 Å². The van der Waals surface area contributed by atoms with Gasteiger partial charge in [0.15, 0.2) is 5.65 Å². The normalized spacial score (nSPS) is 13.9. The Morgan fingerprint density at radius 3 is 2.71 bits per heavy atom. The summed E-state index contributed by atoms with van der Waals surface area (Å²) in [7, 11) is 0. The maximum atomic E-state index is 11.8. The van der Waals surface area contributed by atoms with E-state index >= 15 is 0 Å². The van der Waals surface area contributed by atoms with Crippen molar-refractivity contribution in [2.45, 2.75) is 0 Å². The molecule has 1 atom stereocenters. The average Bonchev–Trinajstić information content (AvgIpc) is 3.32. The second kappa shape index (κ2) is 10.7. The van der Waals surface area contributed by atoms with Gasteiger partial charge < -0.3 is 20.3 Å². The summed E-state index contributed by atoms with van der Waals surface area (Å²) >= 11 is 2.29. The smallest absolute Gasteiger partial charge is 0.247 e. The first-order chi connectivity index (χ1) is 17.1. The Hall–Kier alpha value is -3.08. The molecular weight excluding hydrogens is 576 g/mol. The molecule has 1 aliphatic heterocycles. The van der Waals surface area contributed by atoms with Crippen molar-refractivity contribution in [2.24, 2.45) is 0 Å². The van der Waals surface area contributed by atoms with Crippen LogP contribution >= 0.6 is 28.4 Å². The molecule has 0 spiro atoms. The largest absolute Gasteiger partial charge is 0.378 e. The summed E-state index contributed by atoms with van der Waals surface area (Å²) in [6.07, 6.45) is 3.42. The monoisotopic (exact) mass is 599 g/mol. The highest BCUT2D eigenvalue weighted by atomic mass is 127. The van der Waals surface area contributed by atoms with E-state index in [0.29, 0.717) is 18.0 Å². The van der Waals surface area contributed by atoms with Gasteiger partial charge in [-0.15, -0.1) is 0 Å². The number of halogens is 1. The molecule has 11 heteroatoms. The predicted octanol–water partition coefficient (Wildman–Crippen LogP) is 4.99. The molecule has 1 unspecified atom stereocenters. The number of ether oxygens (including phenoxy) is 1. The number of amides is 1.